The van der Waals surface area contributed by atoms with Crippen LogP contribution in [0.2, 0.25) is 0 Å². The second-order valence-corrected chi connectivity index (χ2v) is 5.55. The van der Waals surface area contributed by atoms with E-state index in [0.717, 1.165) is 44.5 Å². The van der Waals surface area contributed by atoms with E-state index in [-0.39, 0.29) is 18.1 Å². The molecule has 1 aromatic rings. The van der Waals surface area contributed by atoms with E-state index in [1.807, 2.05) is 6.07 Å². The molecule has 1 heterocycles. The van der Waals surface area contributed by atoms with Gasteiger partial charge in [-0.2, -0.15) is 9.97 Å². The number of anilines is 3. The third kappa shape index (κ3) is 3.72. The molecule has 0 aliphatic heterocycles. The Bertz CT molecular complexity index is 432. The van der Waals surface area contributed by atoms with E-state index in [9.17, 15) is 5.11 Å². The molecule has 1 saturated carbocycles. The van der Waals surface area contributed by atoms with Gasteiger partial charge in [0.1, 0.15) is 11.6 Å². The Labute approximate surface area is 120 Å². The number of aliphatic hydroxyl groups excluding tert-OH is 1. The zero-order valence-electron chi connectivity index (χ0n) is 12.2. The lowest BCUT2D eigenvalue weighted by Crippen LogP contribution is -2.44. The van der Waals surface area contributed by atoms with Gasteiger partial charge in [0, 0.05) is 12.6 Å². The summed E-state index contributed by atoms with van der Waals surface area (Å²) in [4.78, 5) is 8.40. The molecule has 0 saturated heterocycles. The largest absolute Gasteiger partial charge is 0.394 e. The molecule has 0 aromatic carbocycles. The fraction of sp³-hybridized carbons (Fsp3) is 0.714. The Morgan fingerprint density at radius 2 is 1.95 bits per heavy atom. The van der Waals surface area contributed by atoms with Crippen molar-refractivity contribution in [1.29, 1.82) is 0 Å². The molecule has 20 heavy (non-hydrogen) atoms. The third-order valence-electron chi connectivity index (χ3n) is 3.81. The van der Waals surface area contributed by atoms with Crippen LogP contribution in [-0.2, 0) is 0 Å². The van der Waals surface area contributed by atoms with E-state index in [0.29, 0.717) is 5.82 Å². The quantitative estimate of drug-likeness (QED) is 0.636. The van der Waals surface area contributed by atoms with Gasteiger partial charge in [-0.3, -0.25) is 0 Å². The van der Waals surface area contributed by atoms with E-state index in [1.54, 1.807) is 0 Å². The fourth-order valence-corrected chi connectivity index (χ4v) is 2.70. The van der Waals surface area contributed by atoms with E-state index in [2.05, 4.69) is 27.5 Å². The van der Waals surface area contributed by atoms with Crippen LogP contribution in [0.15, 0.2) is 6.07 Å². The summed E-state index contributed by atoms with van der Waals surface area (Å²) in [6.45, 7) is 3.06. The summed E-state index contributed by atoms with van der Waals surface area (Å²) in [5.41, 5.74) is 5.49. The highest BCUT2D eigenvalue weighted by Gasteiger charge is 2.31. The van der Waals surface area contributed by atoms with Crippen molar-refractivity contribution in [3.05, 3.63) is 6.07 Å². The van der Waals surface area contributed by atoms with Crippen molar-refractivity contribution in [3.63, 3.8) is 0 Å². The Balaban J connectivity index is 2.12. The molecule has 5 N–H and O–H groups in total. The molecular formula is C14H25N5O. The second kappa shape index (κ2) is 6.74. The lowest BCUT2D eigenvalue weighted by atomic mass is 9.82. The molecule has 0 radical (unpaired) electrons. The molecule has 112 valence electrons. The van der Waals surface area contributed by atoms with Crippen LogP contribution >= 0.6 is 0 Å². The van der Waals surface area contributed by atoms with Gasteiger partial charge < -0.3 is 21.5 Å². The Kier molecular flexibility index (Phi) is 5.00. The van der Waals surface area contributed by atoms with Crippen molar-refractivity contribution in [2.24, 2.45) is 0 Å². The molecule has 6 nitrogen and oxygen atoms in total. The van der Waals surface area contributed by atoms with Crippen molar-refractivity contribution < 1.29 is 5.11 Å². The fourth-order valence-electron chi connectivity index (χ4n) is 2.70. The molecule has 1 aromatic heterocycles. The van der Waals surface area contributed by atoms with Gasteiger partial charge >= 0.3 is 0 Å². The summed E-state index contributed by atoms with van der Waals surface area (Å²) < 4.78 is 0. The lowest BCUT2D eigenvalue weighted by Gasteiger charge is -2.37. The first-order valence-corrected chi connectivity index (χ1v) is 7.45. The monoisotopic (exact) mass is 279 g/mol. The van der Waals surface area contributed by atoms with E-state index in [1.165, 1.54) is 6.42 Å². The molecule has 0 bridgehead atoms. The van der Waals surface area contributed by atoms with Gasteiger partial charge in [0.05, 0.1) is 12.1 Å². The molecule has 0 spiro atoms. The van der Waals surface area contributed by atoms with Crippen molar-refractivity contribution >= 4 is 17.6 Å². The van der Waals surface area contributed by atoms with Gasteiger partial charge in [0.2, 0.25) is 5.95 Å². The number of hydrogen-bond donors (Lipinski definition) is 4. The number of rotatable bonds is 6. The van der Waals surface area contributed by atoms with Crippen molar-refractivity contribution in [3.8, 4) is 0 Å². The van der Waals surface area contributed by atoms with E-state index in [4.69, 9.17) is 5.73 Å². The number of nitrogens with one attached hydrogen (secondary N) is 2. The number of nitrogens with two attached hydrogens (primary N) is 1. The highest BCUT2D eigenvalue weighted by molar-refractivity contribution is 5.52. The average molecular weight is 279 g/mol. The first-order chi connectivity index (χ1) is 9.67. The molecule has 2 rings (SSSR count). The minimum atomic E-state index is -0.263. The number of aromatic nitrogens is 2. The van der Waals surface area contributed by atoms with Crippen LogP contribution in [-0.4, -0.2) is 33.8 Å². The molecule has 0 atom stereocenters. The average Bonchev–Trinajstić information content (AvgIpc) is 2.45. The minimum Gasteiger partial charge on any atom is -0.394 e. The maximum absolute atomic E-state index is 9.73. The third-order valence-corrected chi connectivity index (χ3v) is 3.81. The zero-order valence-corrected chi connectivity index (χ0v) is 12.2. The van der Waals surface area contributed by atoms with E-state index < -0.39 is 0 Å². The highest BCUT2D eigenvalue weighted by Crippen LogP contribution is 2.31. The summed E-state index contributed by atoms with van der Waals surface area (Å²) in [7, 11) is 0. The van der Waals surface area contributed by atoms with Crippen LogP contribution < -0.4 is 16.4 Å². The van der Waals surface area contributed by atoms with Crippen LogP contribution in [0.5, 0.6) is 0 Å². The second-order valence-electron chi connectivity index (χ2n) is 5.55. The normalized spacial score (nSPS) is 17.7. The predicted octanol–water partition coefficient (Wildman–Crippen LogP) is 1.99. The van der Waals surface area contributed by atoms with Crippen LogP contribution in [0.1, 0.15) is 45.4 Å². The van der Waals surface area contributed by atoms with Crippen molar-refractivity contribution in [2.45, 2.75) is 51.0 Å². The maximum atomic E-state index is 9.73. The van der Waals surface area contributed by atoms with Gasteiger partial charge in [0.25, 0.3) is 0 Å². The van der Waals surface area contributed by atoms with Gasteiger partial charge in [-0.15, -0.1) is 0 Å². The van der Waals surface area contributed by atoms with Crippen LogP contribution in [0.4, 0.5) is 17.6 Å². The smallest absolute Gasteiger partial charge is 0.223 e. The van der Waals surface area contributed by atoms with Gasteiger partial charge in [-0.1, -0.05) is 26.2 Å². The Morgan fingerprint density at radius 3 is 2.60 bits per heavy atom. The Morgan fingerprint density at radius 1 is 1.25 bits per heavy atom. The number of hydrogen-bond acceptors (Lipinski definition) is 6. The summed E-state index contributed by atoms with van der Waals surface area (Å²) in [5.74, 6) is 1.66. The number of aliphatic hydroxyl groups is 1. The Hall–Kier alpha value is -1.56. The first-order valence-electron chi connectivity index (χ1n) is 7.45. The summed E-state index contributed by atoms with van der Waals surface area (Å²) >= 11 is 0. The maximum Gasteiger partial charge on any atom is 0.223 e. The highest BCUT2D eigenvalue weighted by atomic mass is 16.3. The molecule has 1 aliphatic carbocycles. The molecule has 0 amide bonds. The minimum absolute atomic E-state index is 0.120. The summed E-state index contributed by atoms with van der Waals surface area (Å²) in [5, 5.41) is 16.3. The first kappa shape index (κ1) is 14.8. The van der Waals surface area contributed by atoms with Crippen molar-refractivity contribution in [1.82, 2.24) is 9.97 Å². The van der Waals surface area contributed by atoms with Gasteiger partial charge in [0.15, 0.2) is 0 Å². The number of nitrogen functional groups attached to an aromatic ring is 1. The molecule has 1 fully saturated rings. The van der Waals surface area contributed by atoms with Gasteiger partial charge in [-0.25, -0.2) is 0 Å². The topological polar surface area (TPSA) is 96.1 Å². The summed E-state index contributed by atoms with van der Waals surface area (Å²) in [6, 6.07) is 1.86. The van der Waals surface area contributed by atoms with Gasteiger partial charge in [-0.05, 0) is 19.3 Å². The predicted molar refractivity (Wildman–Crippen MR) is 81.7 cm³/mol. The van der Waals surface area contributed by atoms with Crippen LogP contribution in [0.3, 0.4) is 0 Å². The van der Waals surface area contributed by atoms with E-state index >= 15 is 0 Å². The SMILES string of the molecule is CCCNc1cc(NC2(CO)CCCCC2)nc(N)n1. The standard InChI is InChI=1S/C14H25N5O/c1-2-8-16-11-9-12(18-13(15)17-11)19-14(10-20)6-4-3-5-7-14/h9,20H,2-8,10H2,1H3,(H4,15,16,17,18,19). The summed E-state index contributed by atoms with van der Waals surface area (Å²) in [6.07, 6.45) is 6.45. The molecule has 6 heteroatoms. The molecule has 0 unspecified atom stereocenters. The lowest BCUT2D eigenvalue weighted by molar-refractivity contribution is 0.172. The number of nitrogens with zero attached hydrogens (tertiary/aromatic N) is 2. The molecular weight excluding hydrogens is 254 g/mol. The van der Waals surface area contributed by atoms with Crippen LogP contribution in [0, 0.1) is 0 Å². The zero-order chi connectivity index (χ0) is 14.4. The van der Waals surface area contributed by atoms with Crippen molar-refractivity contribution in [2.75, 3.05) is 29.5 Å². The molecule has 1 aliphatic rings. The van der Waals surface area contributed by atoms with Crippen LogP contribution in [0.25, 0.3) is 0 Å².